The summed E-state index contributed by atoms with van der Waals surface area (Å²) in [5.74, 6) is 1.05. The molecule has 1 heterocycles. The molecule has 5 nitrogen and oxygen atoms in total. The Hall–Kier alpha value is -4.16. The Bertz CT molecular complexity index is 1580. The zero-order valence-electron chi connectivity index (χ0n) is 21.9. The Morgan fingerprint density at radius 1 is 0.684 bits per heavy atom. The van der Waals surface area contributed by atoms with Gasteiger partial charge in [-0.2, -0.15) is 0 Å². The Balaban J connectivity index is 1.72. The number of anilines is 1. The van der Waals surface area contributed by atoms with Gasteiger partial charge in [0, 0.05) is 25.7 Å². The van der Waals surface area contributed by atoms with Gasteiger partial charge in [0.15, 0.2) is 10.8 Å². The number of sulfone groups is 1. The number of aromatic nitrogens is 2. The lowest BCUT2D eigenvalue weighted by Crippen LogP contribution is -2.25. The van der Waals surface area contributed by atoms with Crippen molar-refractivity contribution in [3.8, 4) is 11.4 Å². The van der Waals surface area contributed by atoms with Crippen LogP contribution in [0.2, 0.25) is 0 Å². The van der Waals surface area contributed by atoms with Crippen LogP contribution in [0, 0.1) is 13.8 Å². The Morgan fingerprint density at radius 2 is 1.16 bits per heavy atom. The van der Waals surface area contributed by atoms with Crippen LogP contribution in [0.3, 0.4) is 0 Å². The fraction of sp³-hybridized carbons (Fsp3) is 0.156. The van der Waals surface area contributed by atoms with Crippen molar-refractivity contribution in [2.75, 3.05) is 4.90 Å². The molecule has 0 amide bonds. The molecule has 4 aromatic carbocycles. The van der Waals surface area contributed by atoms with Crippen LogP contribution >= 0.6 is 0 Å². The van der Waals surface area contributed by atoms with Crippen molar-refractivity contribution in [1.29, 1.82) is 0 Å². The van der Waals surface area contributed by atoms with Gasteiger partial charge in [0.2, 0.25) is 9.84 Å². The summed E-state index contributed by atoms with van der Waals surface area (Å²) in [5, 5.41) is 0.184. The number of rotatable bonds is 8. The quantitative estimate of drug-likeness (QED) is 0.227. The van der Waals surface area contributed by atoms with Crippen LogP contribution in [0.4, 0.5) is 5.82 Å². The minimum atomic E-state index is -3.88. The number of benzene rings is 4. The van der Waals surface area contributed by atoms with Gasteiger partial charge in [-0.3, -0.25) is 0 Å². The molecule has 0 aliphatic carbocycles. The lowest BCUT2D eigenvalue weighted by molar-refractivity contribution is 0.585. The van der Waals surface area contributed by atoms with Crippen LogP contribution in [-0.4, -0.2) is 18.0 Å². The zero-order valence-corrected chi connectivity index (χ0v) is 22.7. The van der Waals surface area contributed by atoms with Gasteiger partial charge in [-0.05, 0) is 37.1 Å². The van der Waals surface area contributed by atoms with Crippen LogP contribution in [0.5, 0.6) is 0 Å². The lowest BCUT2D eigenvalue weighted by atomic mass is 10.1. The molecule has 192 valence electrons. The molecule has 38 heavy (non-hydrogen) atoms. The molecule has 0 aliphatic heterocycles. The zero-order chi connectivity index (χ0) is 26.7. The minimum absolute atomic E-state index is 0.184. The maximum atomic E-state index is 14.2. The average molecular weight is 522 g/mol. The van der Waals surface area contributed by atoms with Gasteiger partial charge in [0.1, 0.15) is 5.82 Å². The molecular weight excluding hydrogens is 490 g/mol. The lowest BCUT2D eigenvalue weighted by Gasteiger charge is -2.24. The maximum absolute atomic E-state index is 14.2. The predicted molar refractivity (Wildman–Crippen MR) is 153 cm³/mol. The van der Waals surface area contributed by atoms with Crippen molar-refractivity contribution >= 4 is 15.7 Å². The number of imidazole rings is 1. The van der Waals surface area contributed by atoms with Crippen molar-refractivity contribution in [2.45, 2.75) is 36.9 Å². The third kappa shape index (κ3) is 5.27. The smallest absolute Gasteiger partial charge is 0.225 e. The van der Waals surface area contributed by atoms with E-state index in [0.717, 1.165) is 27.8 Å². The van der Waals surface area contributed by atoms with Crippen molar-refractivity contribution in [1.82, 2.24) is 9.55 Å². The van der Waals surface area contributed by atoms with E-state index < -0.39 is 9.84 Å². The molecule has 0 radical (unpaired) electrons. The van der Waals surface area contributed by atoms with Crippen molar-refractivity contribution in [3.63, 3.8) is 0 Å². The Kier molecular flexibility index (Phi) is 7.16. The summed E-state index contributed by atoms with van der Waals surface area (Å²) in [6.07, 6.45) is 0. The van der Waals surface area contributed by atoms with E-state index in [1.807, 2.05) is 86.6 Å². The number of aryl methyl sites for hydroxylation is 2. The molecular formula is C32H31N3O2S. The third-order valence-electron chi connectivity index (χ3n) is 6.65. The first-order valence-electron chi connectivity index (χ1n) is 12.6. The summed E-state index contributed by atoms with van der Waals surface area (Å²) >= 11 is 0. The number of nitrogens with zero attached hydrogens (tertiary/aromatic N) is 3. The van der Waals surface area contributed by atoms with E-state index >= 15 is 0 Å². The molecule has 0 N–H and O–H groups in total. The fourth-order valence-electron chi connectivity index (χ4n) is 4.58. The summed E-state index contributed by atoms with van der Waals surface area (Å²) in [4.78, 5) is 7.33. The first kappa shape index (κ1) is 25.5. The molecule has 0 aliphatic rings. The van der Waals surface area contributed by atoms with E-state index in [9.17, 15) is 8.42 Å². The normalized spacial score (nSPS) is 11.4. The highest BCUT2D eigenvalue weighted by Crippen LogP contribution is 2.35. The first-order chi connectivity index (χ1) is 18.3. The molecule has 5 rings (SSSR count). The standard InChI is InChI=1S/C32H31N3O2S/c1-24-14-18-28(19-15-24)30-33-31(32(34(30)3)38(36,37)29-20-16-25(2)17-21-29)35(22-26-10-6-4-7-11-26)23-27-12-8-5-9-13-27/h4-21H,22-23H2,1-3H3. The highest BCUT2D eigenvalue weighted by Gasteiger charge is 2.32. The molecule has 0 saturated carbocycles. The molecule has 0 unspecified atom stereocenters. The Labute approximate surface area is 225 Å². The van der Waals surface area contributed by atoms with Crippen molar-refractivity contribution in [3.05, 3.63) is 131 Å². The first-order valence-corrected chi connectivity index (χ1v) is 14.1. The van der Waals surface area contributed by atoms with Crippen molar-refractivity contribution < 1.29 is 8.42 Å². The van der Waals surface area contributed by atoms with Gasteiger partial charge in [0.25, 0.3) is 0 Å². The average Bonchev–Trinajstić information content (AvgIpc) is 3.28. The largest absolute Gasteiger partial charge is 0.346 e. The summed E-state index contributed by atoms with van der Waals surface area (Å²) in [6.45, 7) is 5.00. The van der Waals surface area contributed by atoms with Crippen LogP contribution < -0.4 is 4.90 Å². The summed E-state index contributed by atoms with van der Waals surface area (Å²) < 4.78 is 30.1. The molecule has 6 heteroatoms. The highest BCUT2D eigenvalue weighted by atomic mass is 32.2. The molecule has 0 spiro atoms. The van der Waals surface area contributed by atoms with Gasteiger partial charge < -0.3 is 9.47 Å². The predicted octanol–water partition coefficient (Wildman–Crippen LogP) is 6.74. The van der Waals surface area contributed by atoms with E-state index in [1.165, 1.54) is 0 Å². The van der Waals surface area contributed by atoms with E-state index in [0.29, 0.717) is 24.7 Å². The molecule has 1 aromatic heterocycles. The summed E-state index contributed by atoms with van der Waals surface area (Å²) in [7, 11) is -2.10. The van der Waals surface area contributed by atoms with Gasteiger partial charge in [-0.25, -0.2) is 13.4 Å². The van der Waals surface area contributed by atoms with Crippen molar-refractivity contribution in [2.24, 2.45) is 7.05 Å². The highest BCUT2D eigenvalue weighted by molar-refractivity contribution is 7.91. The van der Waals surface area contributed by atoms with E-state index in [-0.39, 0.29) is 9.92 Å². The van der Waals surface area contributed by atoms with Gasteiger partial charge in [-0.1, -0.05) is 108 Å². The second kappa shape index (κ2) is 10.7. The SMILES string of the molecule is Cc1ccc(-c2nc(N(Cc3ccccc3)Cc3ccccc3)c(S(=O)(=O)c3ccc(C)cc3)n2C)cc1. The fourth-order valence-corrected chi connectivity index (χ4v) is 6.16. The molecule has 0 bridgehead atoms. The Morgan fingerprint density at radius 3 is 1.66 bits per heavy atom. The van der Waals surface area contributed by atoms with Gasteiger partial charge in [0.05, 0.1) is 4.90 Å². The number of hydrogen-bond donors (Lipinski definition) is 0. The third-order valence-corrected chi connectivity index (χ3v) is 8.51. The molecule has 0 saturated heterocycles. The van der Waals surface area contributed by atoms with E-state index in [2.05, 4.69) is 29.2 Å². The molecule has 0 fully saturated rings. The second-order valence-corrected chi connectivity index (χ2v) is 11.5. The molecule has 0 atom stereocenters. The summed E-state index contributed by atoms with van der Waals surface area (Å²) in [6, 6.07) is 35.2. The van der Waals surface area contributed by atoms with Crippen LogP contribution in [0.25, 0.3) is 11.4 Å². The maximum Gasteiger partial charge on any atom is 0.225 e. The number of hydrogen-bond acceptors (Lipinski definition) is 4. The van der Waals surface area contributed by atoms with Crippen LogP contribution in [0.1, 0.15) is 22.3 Å². The van der Waals surface area contributed by atoms with Crippen LogP contribution in [0.15, 0.2) is 119 Å². The van der Waals surface area contributed by atoms with Gasteiger partial charge in [-0.15, -0.1) is 0 Å². The summed E-state index contributed by atoms with van der Waals surface area (Å²) in [5.41, 5.74) is 5.15. The topological polar surface area (TPSA) is 55.2 Å². The van der Waals surface area contributed by atoms with Crippen LogP contribution in [-0.2, 0) is 30.0 Å². The van der Waals surface area contributed by atoms with Gasteiger partial charge >= 0.3 is 0 Å². The van der Waals surface area contributed by atoms with E-state index in [4.69, 9.17) is 4.98 Å². The second-order valence-electron chi connectivity index (χ2n) is 9.63. The molecule has 5 aromatic rings. The monoisotopic (exact) mass is 521 g/mol. The van der Waals surface area contributed by atoms with E-state index in [1.54, 1.807) is 23.7 Å². The minimum Gasteiger partial charge on any atom is -0.346 e.